The van der Waals surface area contributed by atoms with Crippen molar-refractivity contribution in [3.8, 4) is 17.0 Å². The van der Waals surface area contributed by atoms with Gasteiger partial charge >= 0.3 is 0 Å². The Balaban J connectivity index is 1.66. The van der Waals surface area contributed by atoms with Crippen molar-refractivity contribution in [3.05, 3.63) is 84.7 Å². The molecule has 0 unspecified atom stereocenters. The fourth-order valence-electron chi connectivity index (χ4n) is 3.37. The summed E-state index contributed by atoms with van der Waals surface area (Å²) in [6.45, 7) is 2.47. The van der Waals surface area contributed by atoms with E-state index < -0.39 is 0 Å². The molecule has 0 bridgehead atoms. The van der Waals surface area contributed by atoms with E-state index in [9.17, 15) is 0 Å². The van der Waals surface area contributed by atoms with Gasteiger partial charge in [0.2, 0.25) is 0 Å². The van der Waals surface area contributed by atoms with E-state index in [-0.39, 0.29) is 0 Å². The van der Waals surface area contributed by atoms with E-state index >= 15 is 0 Å². The number of nitrogens with zero attached hydrogens (tertiary/aromatic N) is 3. The molecule has 4 aromatic rings. The Morgan fingerprint density at radius 3 is 2.57 bits per heavy atom. The van der Waals surface area contributed by atoms with E-state index in [1.807, 2.05) is 36.7 Å². The van der Waals surface area contributed by atoms with Crippen LogP contribution in [0.4, 0.5) is 0 Å². The first-order valence-corrected chi connectivity index (χ1v) is 9.56. The van der Waals surface area contributed by atoms with Crippen molar-refractivity contribution in [1.82, 2.24) is 14.5 Å². The predicted molar refractivity (Wildman–Crippen MR) is 114 cm³/mol. The molecule has 4 nitrogen and oxygen atoms in total. The quantitative estimate of drug-likeness (QED) is 0.465. The van der Waals surface area contributed by atoms with Gasteiger partial charge in [0, 0.05) is 41.9 Å². The van der Waals surface area contributed by atoms with Crippen LogP contribution < -0.4 is 4.74 Å². The summed E-state index contributed by atoms with van der Waals surface area (Å²) in [5, 5.41) is 1.18. The molecule has 0 spiro atoms. The smallest absolute Gasteiger partial charge is 0.120 e. The molecular weight excluding hydrogens is 346 g/mol. The number of likely N-dealkylation sites (N-methyl/N-ethyl adjacent to an activating group) is 1. The molecule has 0 aliphatic carbocycles. The molecule has 0 radical (unpaired) electrons. The number of fused-ring (bicyclic) bond motifs is 1. The second-order valence-electron chi connectivity index (χ2n) is 7.22. The van der Waals surface area contributed by atoms with Gasteiger partial charge in [0.15, 0.2) is 0 Å². The van der Waals surface area contributed by atoms with E-state index in [4.69, 9.17) is 4.74 Å². The van der Waals surface area contributed by atoms with Crippen molar-refractivity contribution in [2.75, 3.05) is 20.6 Å². The first-order chi connectivity index (χ1) is 13.7. The lowest BCUT2D eigenvalue weighted by Crippen LogP contribution is -2.18. The predicted octanol–water partition coefficient (Wildman–Crippen LogP) is 4.84. The van der Waals surface area contributed by atoms with Gasteiger partial charge in [-0.25, -0.2) is 0 Å². The lowest BCUT2D eigenvalue weighted by molar-refractivity contribution is 0.306. The zero-order valence-electron chi connectivity index (χ0n) is 16.4. The molecule has 0 aliphatic heterocycles. The normalized spacial score (nSPS) is 11.2. The molecule has 2 aromatic carbocycles. The van der Waals surface area contributed by atoms with Crippen LogP contribution in [0, 0.1) is 0 Å². The minimum absolute atomic E-state index is 0.573. The summed E-state index contributed by atoms with van der Waals surface area (Å²) < 4.78 is 8.39. The molecule has 0 aliphatic rings. The van der Waals surface area contributed by atoms with Crippen LogP contribution in [0.5, 0.6) is 5.75 Å². The highest BCUT2D eigenvalue weighted by atomic mass is 16.5. The Morgan fingerprint density at radius 2 is 1.82 bits per heavy atom. The monoisotopic (exact) mass is 371 g/mol. The SMILES string of the molecule is CN(C)CCn1c(-c2cccnc2)cc2cc(OCc3ccccc3)ccc21. The average molecular weight is 371 g/mol. The maximum absolute atomic E-state index is 6.02. The fourth-order valence-corrected chi connectivity index (χ4v) is 3.37. The summed E-state index contributed by atoms with van der Waals surface area (Å²) in [5.74, 6) is 0.888. The lowest BCUT2D eigenvalue weighted by atomic mass is 10.2. The zero-order valence-corrected chi connectivity index (χ0v) is 16.4. The van der Waals surface area contributed by atoms with Crippen molar-refractivity contribution in [2.24, 2.45) is 0 Å². The minimum Gasteiger partial charge on any atom is -0.489 e. The molecule has 142 valence electrons. The van der Waals surface area contributed by atoms with E-state index in [0.717, 1.165) is 24.4 Å². The van der Waals surface area contributed by atoms with E-state index in [1.165, 1.54) is 22.2 Å². The van der Waals surface area contributed by atoms with Gasteiger partial charge < -0.3 is 14.2 Å². The first-order valence-electron chi connectivity index (χ1n) is 9.56. The lowest BCUT2D eigenvalue weighted by Gasteiger charge is -2.15. The second kappa shape index (κ2) is 8.28. The summed E-state index contributed by atoms with van der Waals surface area (Å²) in [7, 11) is 4.20. The van der Waals surface area contributed by atoms with Gasteiger partial charge in [0.1, 0.15) is 12.4 Å². The summed E-state index contributed by atoms with van der Waals surface area (Å²) in [4.78, 5) is 6.50. The third-order valence-corrected chi connectivity index (χ3v) is 4.85. The van der Waals surface area contributed by atoms with Crippen molar-refractivity contribution in [2.45, 2.75) is 13.2 Å². The third kappa shape index (κ3) is 4.07. The molecule has 0 saturated carbocycles. The highest BCUT2D eigenvalue weighted by Crippen LogP contribution is 2.30. The van der Waals surface area contributed by atoms with Crippen LogP contribution in [0.25, 0.3) is 22.2 Å². The van der Waals surface area contributed by atoms with Crippen LogP contribution in [0.3, 0.4) is 0 Å². The summed E-state index contributed by atoms with van der Waals surface area (Å²) in [6, 6.07) is 22.9. The minimum atomic E-state index is 0.573. The van der Waals surface area contributed by atoms with E-state index in [2.05, 4.69) is 71.0 Å². The fraction of sp³-hybridized carbons (Fsp3) is 0.208. The Labute approximate surface area is 166 Å². The number of ether oxygens (including phenoxy) is 1. The van der Waals surface area contributed by atoms with E-state index in [0.29, 0.717) is 6.61 Å². The van der Waals surface area contributed by atoms with E-state index in [1.54, 1.807) is 0 Å². The average Bonchev–Trinajstić information content (AvgIpc) is 3.10. The van der Waals surface area contributed by atoms with Gasteiger partial charge in [-0.2, -0.15) is 0 Å². The van der Waals surface area contributed by atoms with Crippen LogP contribution >= 0.6 is 0 Å². The molecule has 28 heavy (non-hydrogen) atoms. The van der Waals surface area contributed by atoms with Crippen LogP contribution in [0.1, 0.15) is 5.56 Å². The third-order valence-electron chi connectivity index (χ3n) is 4.85. The van der Waals surface area contributed by atoms with Gasteiger partial charge in [-0.3, -0.25) is 4.98 Å². The molecular formula is C24H25N3O. The highest BCUT2D eigenvalue weighted by Gasteiger charge is 2.12. The number of benzene rings is 2. The van der Waals surface area contributed by atoms with Crippen molar-refractivity contribution < 1.29 is 4.74 Å². The molecule has 4 rings (SSSR count). The van der Waals surface area contributed by atoms with Crippen LogP contribution in [0.2, 0.25) is 0 Å². The van der Waals surface area contributed by atoms with Gasteiger partial charge in [0.05, 0.1) is 5.69 Å². The maximum Gasteiger partial charge on any atom is 0.120 e. The molecule has 2 aromatic heterocycles. The summed E-state index contributed by atoms with van der Waals surface area (Å²) in [5.41, 5.74) is 4.70. The van der Waals surface area contributed by atoms with Crippen molar-refractivity contribution in [3.63, 3.8) is 0 Å². The van der Waals surface area contributed by atoms with Crippen LogP contribution in [0.15, 0.2) is 79.1 Å². The highest BCUT2D eigenvalue weighted by molar-refractivity contribution is 5.88. The number of hydrogen-bond donors (Lipinski definition) is 0. The second-order valence-corrected chi connectivity index (χ2v) is 7.22. The molecule has 0 N–H and O–H groups in total. The van der Waals surface area contributed by atoms with Crippen LogP contribution in [-0.2, 0) is 13.2 Å². The number of hydrogen-bond acceptors (Lipinski definition) is 3. The number of pyridine rings is 1. The summed E-state index contributed by atoms with van der Waals surface area (Å²) >= 11 is 0. The Bertz CT molecular complexity index is 1040. The first kappa shape index (κ1) is 18.3. The Hall–Kier alpha value is -3.11. The standard InChI is InChI=1S/C24H25N3O/c1-26(2)13-14-27-23-11-10-22(28-18-19-7-4-3-5-8-19)15-21(23)16-24(27)20-9-6-12-25-17-20/h3-12,15-17H,13-14,18H2,1-2H3. The molecule has 4 heteroatoms. The number of rotatable bonds is 7. The van der Waals surface area contributed by atoms with Gasteiger partial charge in [-0.15, -0.1) is 0 Å². The topological polar surface area (TPSA) is 30.3 Å². The molecule has 2 heterocycles. The Morgan fingerprint density at radius 1 is 0.964 bits per heavy atom. The largest absolute Gasteiger partial charge is 0.489 e. The Kier molecular flexibility index (Phi) is 5.40. The van der Waals surface area contributed by atoms with Gasteiger partial charge in [0.25, 0.3) is 0 Å². The molecule has 0 amide bonds. The summed E-state index contributed by atoms with van der Waals surface area (Å²) in [6.07, 6.45) is 3.74. The van der Waals surface area contributed by atoms with Crippen LogP contribution in [-0.4, -0.2) is 35.1 Å². The molecule has 0 atom stereocenters. The van der Waals surface area contributed by atoms with Crippen molar-refractivity contribution >= 4 is 10.9 Å². The van der Waals surface area contributed by atoms with Gasteiger partial charge in [-0.1, -0.05) is 30.3 Å². The molecule has 0 fully saturated rings. The zero-order chi connectivity index (χ0) is 19.3. The van der Waals surface area contributed by atoms with Crippen molar-refractivity contribution in [1.29, 1.82) is 0 Å². The van der Waals surface area contributed by atoms with Gasteiger partial charge in [-0.05, 0) is 56.1 Å². The molecule has 0 saturated heterocycles. The number of aromatic nitrogens is 2. The maximum atomic E-state index is 6.02.